The van der Waals surface area contributed by atoms with Crippen molar-refractivity contribution in [2.45, 2.75) is 0 Å². The smallest absolute Gasteiger partial charge is 2.00 e. The molecular weight excluding hydrogens is 439 g/mol. The average Bonchev–Trinajstić information content (AvgIpc) is 0. The van der Waals surface area contributed by atoms with Crippen LogP contribution in [0.4, 0.5) is 0 Å². The second-order valence-corrected chi connectivity index (χ2v) is 0. The van der Waals surface area contributed by atoms with E-state index in [0.717, 1.165) is 0 Å². The van der Waals surface area contributed by atoms with Gasteiger partial charge in [0.2, 0.25) is 0 Å². The first-order valence-corrected chi connectivity index (χ1v) is 0. The molecule has 11 heteroatoms. The molecule has 0 fully saturated rings. The first kappa shape index (κ1) is 298. The van der Waals surface area contributed by atoms with Crippen molar-refractivity contribution in [1.29, 1.82) is 0 Å². The molecule has 0 aromatic carbocycles. The summed E-state index contributed by atoms with van der Waals surface area (Å²) in [4.78, 5) is 0. The van der Waals surface area contributed by atoms with Crippen molar-refractivity contribution in [2.75, 3.05) is 0 Å². The summed E-state index contributed by atoms with van der Waals surface area (Å²) in [6.07, 6.45) is 0. The van der Waals surface area contributed by atoms with Gasteiger partial charge in [-0.2, -0.15) is 0 Å². The van der Waals surface area contributed by atoms with Crippen molar-refractivity contribution in [1.82, 2.24) is 0 Å². The Morgan fingerprint density at radius 1 is 0.273 bits per heavy atom. The summed E-state index contributed by atoms with van der Waals surface area (Å²) in [6.45, 7) is 0. The van der Waals surface area contributed by atoms with Crippen LogP contribution in [0.3, 0.4) is 0 Å². The van der Waals surface area contributed by atoms with Crippen molar-refractivity contribution in [3.8, 4) is 0 Å². The Hall–Kier alpha value is 2.73. The van der Waals surface area contributed by atoms with E-state index in [2.05, 4.69) is 0 Å². The molecule has 0 saturated carbocycles. The molecule has 0 amide bonds. The molecule has 2 radical (unpaired) electrons. The minimum Gasteiger partial charge on any atom is -2.00 e. The van der Waals surface area contributed by atoms with Crippen LogP contribution >= 0.6 is 0 Å². The van der Waals surface area contributed by atoms with Crippen LogP contribution in [-0.4, -0.2) is 0 Å². The fourth-order valence-electron chi connectivity index (χ4n) is 0. The molecule has 0 bridgehead atoms. The van der Waals surface area contributed by atoms with E-state index in [9.17, 15) is 0 Å². The van der Waals surface area contributed by atoms with E-state index < -0.39 is 0 Å². The van der Waals surface area contributed by atoms with E-state index >= 15 is 0 Å². The summed E-state index contributed by atoms with van der Waals surface area (Å²) in [7, 11) is 0. The van der Waals surface area contributed by atoms with Gasteiger partial charge in [0.05, 0.1) is 0 Å². The molecule has 0 spiro atoms. The van der Waals surface area contributed by atoms with E-state index in [1.165, 1.54) is 0 Å². The number of hydrogen-bond acceptors (Lipinski definition) is 0. The molecule has 0 aromatic heterocycles. The summed E-state index contributed by atoms with van der Waals surface area (Å²) in [5.41, 5.74) is 0. The zero-order valence-electron chi connectivity index (χ0n) is 5.17. The number of rotatable bonds is 0. The summed E-state index contributed by atoms with van der Waals surface area (Å²) < 4.78 is 0. The monoisotopic (exact) mass is 442 g/mol. The van der Waals surface area contributed by atoms with E-state index in [1.807, 2.05) is 0 Å². The van der Waals surface area contributed by atoms with Crippen LogP contribution in [0.15, 0.2) is 0 Å². The van der Waals surface area contributed by atoms with Crippen molar-refractivity contribution >= 4 is 0 Å². The molecule has 0 N–H and O–H groups in total. The molecule has 0 aliphatic carbocycles. The summed E-state index contributed by atoms with van der Waals surface area (Å²) >= 11 is 0. The van der Waals surface area contributed by atoms with Crippen molar-refractivity contribution < 1.29 is 130 Å². The number of hydrogen-bond donors (Lipinski definition) is 0. The molecule has 0 aliphatic heterocycles. The molecule has 0 rings (SSSR count). The summed E-state index contributed by atoms with van der Waals surface area (Å²) in [6, 6.07) is 0. The van der Waals surface area contributed by atoms with E-state index in [1.54, 1.807) is 0 Å². The Balaban J connectivity index is 0. The molecule has 66 valence electrons. The molecule has 0 unspecified atom stereocenters. The van der Waals surface area contributed by atoms with Crippen LogP contribution in [0.5, 0.6) is 0 Å². The Morgan fingerprint density at radius 3 is 0.273 bits per heavy atom. The molecular formula is Cd2O7V2-10. The third kappa shape index (κ3) is 196. The normalized spacial score (nSPS) is 0. The van der Waals surface area contributed by atoms with Crippen LogP contribution in [0.25, 0.3) is 0 Å². The zero-order valence-corrected chi connectivity index (χ0v) is 16.0. The van der Waals surface area contributed by atoms with Crippen LogP contribution in [0, 0.1) is 0 Å². The molecule has 11 heavy (non-hydrogen) atoms. The second kappa shape index (κ2) is 235. The minimum absolute atomic E-state index is 0. The Bertz CT molecular complexity index is 14.4. The van der Waals surface area contributed by atoms with Gasteiger partial charge >= 0.3 is 54.6 Å². The van der Waals surface area contributed by atoms with Crippen molar-refractivity contribution in [3.05, 3.63) is 0 Å². The SMILES string of the molecule is [Cd+2].[Cd+2].[O-2].[O-2].[O-2].[O-2].[O-2].[O-2].[O-2].[V].[V]. The van der Waals surface area contributed by atoms with Gasteiger partial charge in [0, 0.05) is 37.1 Å². The van der Waals surface area contributed by atoms with Gasteiger partial charge in [-0.3, -0.25) is 0 Å². The van der Waals surface area contributed by atoms with Gasteiger partial charge in [-0.25, -0.2) is 0 Å². The minimum atomic E-state index is 0. The predicted octanol–water partition coefficient (Wildman–Crippen LogP) is -0.842. The zero-order chi connectivity index (χ0) is 0. The first-order valence-electron chi connectivity index (χ1n) is 0. The molecule has 0 heterocycles. The van der Waals surface area contributed by atoms with Crippen LogP contribution in [0.2, 0.25) is 0 Å². The fraction of sp³-hybridized carbons (Fsp3) is 0. The van der Waals surface area contributed by atoms with Gasteiger partial charge in [0.1, 0.15) is 0 Å². The summed E-state index contributed by atoms with van der Waals surface area (Å²) in [5, 5.41) is 0. The van der Waals surface area contributed by atoms with E-state index in [0.29, 0.717) is 0 Å². The maximum absolute atomic E-state index is 0. The Morgan fingerprint density at radius 2 is 0.273 bits per heavy atom. The third-order valence-electron chi connectivity index (χ3n) is 0. The third-order valence-corrected chi connectivity index (χ3v) is 0. The molecule has 7 nitrogen and oxygen atoms in total. The topological polar surface area (TPSA) is 200 Å². The van der Waals surface area contributed by atoms with Crippen LogP contribution < -0.4 is 0 Å². The van der Waals surface area contributed by atoms with Gasteiger partial charge in [0.15, 0.2) is 0 Å². The average molecular weight is 439 g/mol. The van der Waals surface area contributed by atoms with Gasteiger partial charge in [-0.05, 0) is 0 Å². The molecule has 0 aliphatic rings. The Labute approximate surface area is 128 Å². The van der Waals surface area contributed by atoms with Crippen LogP contribution in [-0.2, 0) is 130 Å². The van der Waals surface area contributed by atoms with Crippen molar-refractivity contribution in [3.63, 3.8) is 0 Å². The second-order valence-electron chi connectivity index (χ2n) is 0. The van der Waals surface area contributed by atoms with Crippen molar-refractivity contribution in [2.24, 2.45) is 0 Å². The van der Waals surface area contributed by atoms with Crippen LogP contribution in [0.1, 0.15) is 0 Å². The summed E-state index contributed by atoms with van der Waals surface area (Å²) in [5.74, 6) is 0. The Kier molecular flexibility index (Phi) is 6360. The van der Waals surface area contributed by atoms with Gasteiger partial charge in [-0.1, -0.05) is 0 Å². The first-order chi connectivity index (χ1) is 0. The van der Waals surface area contributed by atoms with Gasteiger partial charge < -0.3 is 38.3 Å². The predicted molar refractivity (Wildman–Crippen MR) is 4.81 cm³/mol. The quantitative estimate of drug-likeness (QED) is 0.425. The maximum Gasteiger partial charge on any atom is 2.00 e. The van der Waals surface area contributed by atoms with Gasteiger partial charge in [-0.15, -0.1) is 0 Å². The van der Waals surface area contributed by atoms with E-state index in [-0.39, 0.29) is 130 Å². The van der Waals surface area contributed by atoms with Gasteiger partial charge in [0.25, 0.3) is 0 Å². The standard InChI is InChI=1S/2Cd.7O.2V/q2*+2;7*-2;;. The molecule has 0 saturated heterocycles. The maximum atomic E-state index is 0. The molecule has 0 aromatic rings. The molecule has 0 atom stereocenters. The fourth-order valence-corrected chi connectivity index (χ4v) is 0. The van der Waals surface area contributed by atoms with E-state index in [4.69, 9.17) is 0 Å². The largest absolute Gasteiger partial charge is 2.00 e.